The van der Waals surface area contributed by atoms with E-state index in [0.717, 1.165) is 15.6 Å². The molecule has 34 heavy (non-hydrogen) atoms. The SMILES string of the molecule is Cc1cccc(COc2c(Cl)cc(C=Nn3c(C(C)C)nc4ccc(Br)cc4c3=O)cc2Cl)c1. The Morgan fingerprint density at radius 3 is 2.53 bits per heavy atom. The van der Waals surface area contributed by atoms with Gasteiger partial charge in [-0.15, -0.1) is 0 Å². The molecule has 8 heteroatoms. The Kier molecular flexibility index (Phi) is 7.41. The van der Waals surface area contributed by atoms with Gasteiger partial charge in [-0.2, -0.15) is 9.78 Å². The molecule has 0 amide bonds. The predicted octanol–water partition coefficient (Wildman–Crippen LogP) is 7.36. The summed E-state index contributed by atoms with van der Waals surface area (Å²) in [5.74, 6) is 0.952. The summed E-state index contributed by atoms with van der Waals surface area (Å²) >= 11 is 16.3. The number of hydrogen-bond donors (Lipinski definition) is 0. The fraction of sp³-hybridized carbons (Fsp3) is 0.192. The molecule has 0 unspecified atom stereocenters. The van der Waals surface area contributed by atoms with E-state index >= 15 is 0 Å². The van der Waals surface area contributed by atoms with Gasteiger partial charge in [0.2, 0.25) is 0 Å². The number of hydrogen-bond acceptors (Lipinski definition) is 4. The van der Waals surface area contributed by atoms with Crippen LogP contribution >= 0.6 is 39.1 Å². The molecular weight excluding hydrogens is 537 g/mol. The topological polar surface area (TPSA) is 56.5 Å². The molecule has 174 valence electrons. The highest BCUT2D eigenvalue weighted by atomic mass is 79.9. The second-order valence-corrected chi connectivity index (χ2v) is 9.97. The minimum atomic E-state index is -0.249. The van der Waals surface area contributed by atoms with E-state index in [9.17, 15) is 4.79 Å². The molecule has 4 aromatic rings. The monoisotopic (exact) mass is 557 g/mol. The first-order valence-corrected chi connectivity index (χ1v) is 12.2. The minimum absolute atomic E-state index is 0.0116. The standard InChI is InChI=1S/C26H22BrCl2N3O2/c1-15(2)25-31-23-8-7-19(27)12-20(23)26(33)32(25)30-13-18-10-21(28)24(22(29)11-18)34-14-17-6-4-5-16(3)9-17/h4-13,15H,14H2,1-3H3. The minimum Gasteiger partial charge on any atom is -0.486 e. The quantitative estimate of drug-likeness (QED) is 0.232. The molecule has 5 nitrogen and oxygen atoms in total. The second-order valence-electron chi connectivity index (χ2n) is 8.24. The molecule has 0 bridgehead atoms. The molecule has 0 spiro atoms. The lowest BCUT2D eigenvalue weighted by Crippen LogP contribution is -2.23. The first kappa shape index (κ1) is 24.5. The largest absolute Gasteiger partial charge is 0.486 e. The summed E-state index contributed by atoms with van der Waals surface area (Å²) in [7, 11) is 0. The van der Waals surface area contributed by atoms with Gasteiger partial charge >= 0.3 is 0 Å². The number of nitrogens with zero attached hydrogens (tertiary/aromatic N) is 3. The zero-order valence-corrected chi connectivity index (χ0v) is 21.9. The molecule has 0 aliphatic heterocycles. The Hall–Kier alpha value is -2.67. The third-order valence-electron chi connectivity index (χ3n) is 5.16. The summed E-state index contributed by atoms with van der Waals surface area (Å²) in [5.41, 5.74) is 3.19. The normalized spacial score (nSPS) is 11.6. The van der Waals surface area contributed by atoms with Crippen LogP contribution in [0.5, 0.6) is 5.75 Å². The summed E-state index contributed by atoms with van der Waals surface area (Å²) in [4.78, 5) is 17.8. The molecule has 0 aliphatic rings. The van der Waals surface area contributed by atoms with Gasteiger partial charge < -0.3 is 4.74 Å². The highest BCUT2D eigenvalue weighted by Crippen LogP contribution is 2.34. The van der Waals surface area contributed by atoms with Crippen molar-refractivity contribution in [2.45, 2.75) is 33.3 Å². The van der Waals surface area contributed by atoms with Gasteiger partial charge in [0.05, 0.1) is 27.2 Å². The van der Waals surface area contributed by atoms with Gasteiger partial charge in [-0.05, 0) is 48.4 Å². The summed E-state index contributed by atoms with van der Waals surface area (Å²) in [6.07, 6.45) is 1.54. The summed E-state index contributed by atoms with van der Waals surface area (Å²) < 4.78 is 8.00. The zero-order chi connectivity index (χ0) is 24.4. The van der Waals surface area contributed by atoms with E-state index in [0.29, 0.717) is 44.7 Å². The van der Waals surface area contributed by atoms with Crippen molar-refractivity contribution in [1.82, 2.24) is 9.66 Å². The number of rotatable bonds is 6. The molecule has 0 atom stereocenters. The predicted molar refractivity (Wildman–Crippen MR) is 143 cm³/mol. The van der Waals surface area contributed by atoms with E-state index < -0.39 is 0 Å². The van der Waals surface area contributed by atoms with Crippen LogP contribution in [0.2, 0.25) is 10.0 Å². The van der Waals surface area contributed by atoms with Crippen molar-refractivity contribution < 1.29 is 4.74 Å². The van der Waals surface area contributed by atoms with Crippen molar-refractivity contribution in [2.24, 2.45) is 5.10 Å². The zero-order valence-electron chi connectivity index (χ0n) is 18.8. The molecule has 0 saturated carbocycles. The highest BCUT2D eigenvalue weighted by Gasteiger charge is 2.14. The van der Waals surface area contributed by atoms with E-state index in [4.69, 9.17) is 27.9 Å². The lowest BCUT2D eigenvalue weighted by atomic mass is 10.1. The van der Waals surface area contributed by atoms with Gasteiger partial charge in [-0.1, -0.05) is 82.8 Å². The second kappa shape index (κ2) is 10.3. The van der Waals surface area contributed by atoms with Crippen molar-refractivity contribution in [2.75, 3.05) is 0 Å². The lowest BCUT2D eigenvalue weighted by Gasteiger charge is -2.13. The van der Waals surface area contributed by atoms with E-state index in [2.05, 4.69) is 26.0 Å². The van der Waals surface area contributed by atoms with Crippen LogP contribution in [0.3, 0.4) is 0 Å². The van der Waals surface area contributed by atoms with Crippen LogP contribution < -0.4 is 10.3 Å². The first-order valence-electron chi connectivity index (χ1n) is 10.7. The Balaban J connectivity index is 1.66. The summed E-state index contributed by atoms with van der Waals surface area (Å²) in [5, 5.41) is 5.63. The van der Waals surface area contributed by atoms with Crippen molar-refractivity contribution in [3.8, 4) is 5.75 Å². The molecule has 0 aliphatic carbocycles. The molecule has 4 rings (SSSR count). The van der Waals surface area contributed by atoms with Crippen molar-refractivity contribution in [3.05, 3.63) is 102 Å². The van der Waals surface area contributed by atoms with Crippen LogP contribution in [-0.4, -0.2) is 15.9 Å². The maximum atomic E-state index is 13.2. The van der Waals surface area contributed by atoms with Gasteiger partial charge in [0.1, 0.15) is 12.4 Å². The maximum absolute atomic E-state index is 13.2. The molecule has 0 radical (unpaired) electrons. The van der Waals surface area contributed by atoms with Crippen molar-refractivity contribution >= 4 is 56.2 Å². The van der Waals surface area contributed by atoms with E-state index in [1.54, 1.807) is 24.4 Å². The third kappa shape index (κ3) is 5.35. The number of aryl methyl sites for hydroxylation is 1. The van der Waals surface area contributed by atoms with Crippen LogP contribution in [0, 0.1) is 6.92 Å². The molecule has 0 N–H and O–H groups in total. The number of fused-ring (bicyclic) bond motifs is 1. The average Bonchev–Trinajstić information content (AvgIpc) is 2.78. The van der Waals surface area contributed by atoms with Crippen molar-refractivity contribution in [1.29, 1.82) is 0 Å². The number of ether oxygens (including phenoxy) is 1. The average molecular weight is 559 g/mol. The number of aromatic nitrogens is 2. The Bertz CT molecular complexity index is 1440. The highest BCUT2D eigenvalue weighted by molar-refractivity contribution is 9.10. The molecular formula is C26H22BrCl2N3O2. The fourth-order valence-corrected chi connectivity index (χ4v) is 4.50. The maximum Gasteiger partial charge on any atom is 0.282 e. The van der Waals surface area contributed by atoms with Crippen LogP contribution in [0.25, 0.3) is 10.9 Å². The fourth-order valence-electron chi connectivity index (χ4n) is 3.52. The van der Waals surface area contributed by atoms with Crippen LogP contribution in [0.1, 0.15) is 42.3 Å². The van der Waals surface area contributed by atoms with Gasteiger partial charge in [0.25, 0.3) is 5.56 Å². The van der Waals surface area contributed by atoms with E-state index in [1.165, 1.54) is 4.68 Å². The molecule has 3 aromatic carbocycles. The van der Waals surface area contributed by atoms with Gasteiger partial charge in [0, 0.05) is 10.4 Å². The van der Waals surface area contributed by atoms with Gasteiger partial charge in [-0.25, -0.2) is 4.98 Å². The summed E-state index contributed by atoms with van der Waals surface area (Å²) in [6.45, 7) is 6.30. The molecule has 1 heterocycles. The van der Waals surface area contributed by atoms with Gasteiger partial charge in [0.15, 0.2) is 5.75 Å². The smallest absolute Gasteiger partial charge is 0.282 e. The summed E-state index contributed by atoms with van der Waals surface area (Å²) in [6, 6.07) is 16.9. The molecule has 0 fully saturated rings. The number of benzene rings is 3. The van der Waals surface area contributed by atoms with Crippen LogP contribution in [0.4, 0.5) is 0 Å². The van der Waals surface area contributed by atoms with Crippen molar-refractivity contribution in [3.63, 3.8) is 0 Å². The van der Waals surface area contributed by atoms with E-state index in [-0.39, 0.29) is 11.5 Å². The number of halogens is 3. The molecule has 0 saturated heterocycles. The van der Waals surface area contributed by atoms with Gasteiger partial charge in [-0.3, -0.25) is 4.79 Å². The Morgan fingerprint density at radius 2 is 1.85 bits per heavy atom. The lowest BCUT2D eigenvalue weighted by molar-refractivity contribution is 0.306. The van der Waals surface area contributed by atoms with E-state index in [1.807, 2.05) is 57.2 Å². The van der Waals surface area contributed by atoms with Crippen LogP contribution in [-0.2, 0) is 6.61 Å². The Morgan fingerprint density at radius 1 is 1.12 bits per heavy atom. The first-order chi connectivity index (χ1) is 16.2. The molecule has 1 aromatic heterocycles. The Labute approximate surface area is 216 Å². The van der Waals surface area contributed by atoms with Crippen LogP contribution in [0.15, 0.2) is 69.0 Å². The third-order valence-corrected chi connectivity index (χ3v) is 6.21.